The fourth-order valence-electron chi connectivity index (χ4n) is 1.77. The summed E-state index contributed by atoms with van der Waals surface area (Å²) in [7, 11) is 0. The molecule has 0 heterocycles. The molecule has 0 spiro atoms. The molecule has 0 aliphatic carbocycles. The maximum atomic E-state index is 13.5. The first-order chi connectivity index (χ1) is 9.70. The minimum atomic E-state index is -0.971. The summed E-state index contributed by atoms with van der Waals surface area (Å²) in [6.45, 7) is 3.85. The van der Waals surface area contributed by atoms with E-state index < -0.39 is 11.6 Å². The Hall–Kier alpha value is -1.94. The average molecular weight is 277 g/mol. The number of ether oxygens (including phenoxy) is 1. The number of nitrogens with one attached hydrogen (secondary N) is 1. The van der Waals surface area contributed by atoms with Crippen LogP contribution in [0.15, 0.2) is 42.5 Å². The van der Waals surface area contributed by atoms with E-state index in [9.17, 15) is 8.78 Å². The fourth-order valence-corrected chi connectivity index (χ4v) is 1.77. The molecule has 1 N–H and O–H groups in total. The molecule has 0 fully saturated rings. The summed E-state index contributed by atoms with van der Waals surface area (Å²) < 4.78 is 31.9. The van der Waals surface area contributed by atoms with Gasteiger partial charge in [0.2, 0.25) is 5.82 Å². The second-order valence-corrected chi connectivity index (χ2v) is 4.47. The standard InChI is InChI=1S/C16H17F2NO/c1-2-10-19-11-12-6-8-13(9-7-12)20-15-5-3-4-14(17)16(15)18/h3-9,19H,2,10-11H2,1H3. The zero-order valence-electron chi connectivity index (χ0n) is 11.3. The number of hydrogen-bond acceptors (Lipinski definition) is 2. The van der Waals surface area contributed by atoms with Crippen molar-refractivity contribution >= 4 is 0 Å². The zero-order valence-corrected chi connectivity index (χ0v) is 11.3. The number of rotatable bonds is 6. The van der Waals surface area contributed by atoms with Gasteiger partial charge in [-0.1, -0.05) is 25.1 Å². The molecule has 0 aromatic heterocycles. The van der Waals surface area contributed by atoms with Crippen molar-refractivity contribution in [1.29, 1.82) is 0 Å². The highest BCUT2D eigenvalue weighted by Gasteiger charge is 2.09. The summed E-state index contributed by atoms with van der Waals surface area (Å²) in [6.07, 6.45) is 1.08. The Morgan fingerprint density at radius 1 is 1.05 bits per heavy atom. The van der Waals surface area contributed by atoms with Crippen LogP contribution in [0.1, 0.15) is 18.9 Å². The van der Waals surface area contributed by atoms with Crippen molar-refractivity contribution in [3.05, 3.63) is 59.7 Å². The Morgan fingerprint density at radius 3 is 2.50 bits per heavy atom. The molecular weight excluding hydrogens is 260 g/mol. The first-order valence-corrected chi connectivity index (χ1v) is 6.62. The smallest absolute Gasteiger partial charge is 0.201 e. The van der Waals surface area contributed by atoms with Crippen LogP contribution >= 0.6 is 0 Å². The lowest BCUT2D eigenvalue weighted by atomic mass is 10.2. The van der Waals surface area contributed by atoms with Gasteiger partial charge >= 0.3 is 0 Å². The predicted molar refractivity (Wildman–Crippen MR) is 74.9 cm³/mol. The number of hydrogen-bond donors (Lipinski definition) is 1. The van der Waals surface area contributed by atoms with Gasteiger partial charge in [-0.2, -0.15) is 4.39 Å². The lowest BCUT2D eigenvalue weighted by molar-refractivity contribution is 0.416. The quantitative estimate of drug-likeness (QED) is 0.797. The highest BCUT2D eigenvalue weighted by atomic mass is 19.2. The maximum Gasteiger partial charge on any atom is 0.201 e. The summed E-state index contributed by atoms with van der Waals surface area (Å²) >= 11 is 0. The Morgan fingerprint density at radius 2 is 1.80 bits per heavy atom. The minimum absolute atomic E-state index is 0.109. The van der Waals surface area contributed by atoms with Crippen molar-refractivity contribution in [3.63, 3.8) is 0 Å². The molecule has 2 rings (SSSR count). The number of benzene rings is 2. The van der Waals surface area contributed by atoms with Crippen LogP contribution < -0.4 is 10.1 Å². The van der Waals surface area contributed by atoms with Gasteiger partial charge in [-0.15, -0.1) is 0 Å². The average Bonchev–Trinajstić information content (AvgIpc) is 2.46. The SMILES string of the molecule is CCCNCc1ccc(Oc2cccc(F)c2F)cc1. The normalized spacial score (nSPS) is 10.6. The van der Waals surface area contributed by atoms with Crippen LogP contribution in [0.25, 0.3) is 0 Å². The molecule has 0 atom stereocenters. The first-order valence-electron chi connectivity index (χ1n) is 6.62. The van der Waals surface area contributed by atoms with Crippen LogP contribution in [0.3, 0.4) is 0 Å². The van der Waals surface area contributed by atoms with Crippen molar-refractivity contribution in [1.82, 2.24) is 5.32 Å². The molecule has 0 aliphatic rings. The van der Waals surface area contributed by atoms with E-state index in [1.54, 1.807) is 12.1 Å². The first kappa shape index (κ1) is 14.5. The summed E-state index contributed by atoms with van der Waals surface area (Å²) in [5.41, 5.74) is 1.12. The minimum Gasteiger partial charge on any atom is -0.454 e. The van der Waals surface area contributed by atoms with E-state index in [2.05, 4.69) is 12.2 Å². The van der Waals surface area contributed by atoms with Gasteiger partial charge < -0.3 is 10.1 Å². The summed E-state index contributed by atoms with van der Waals surface area (Å²) in [5.74, 6) is -1.51. The highest BCUT2D eigenvalue weighted by Crippen LogP contribution is 2.25. The van der Waals surface area contributed by atoms with E-state index in [0.717, 1.165) is 31.1 Å². The van der Waals surface area contributed by atoms with Crippen molar-refractivity contribution in [2.75, 3.05) is 6.54 Å². The zero-order chi connectivity index (χ0) is 14.4. The molecule has 0 amide bonds. The van der Waals surface area contributed by atoms with Gasteiger partial charge in [0.1, 0.15) is 5.75 Å². The molecule has 0 aliphatic heterocycles. The van der Waals surface area contributed by atoms with Crippen LogP contribution in [0, 0.1) is 11.6 Å². The lowest BCUT2D eigenvalue weighted by Crippen LogP contribution is -2.13. The van der Waals surface area contributed by atoms with Gasteiger partial charge in [0.25, 0.3) is 0 Å². The third kappa shape index (κ3) is 3.78. The molecule has 106 valence electrons. The molecule has 0 unspecified atom stereocenters. The summed E-state index contributed by atoms with van der Waals surface area (Å²) in [5, 5.41) is 3.29. The largest absolute Gasteiger partial charge is 0.454 e. The van der Waals surface area contributed by atoms with E-state index in [0.29, 0.717) is 5.75 Å². The molecule has 2 nitrogen and oxygen atoms in total. The van der Waals surface area contributed by atoms with E-state index >= 15 is 0 Å². The second-order valence-electron chi connectivity index (χ2n) is 4.47. The molecule has 0 radical (unpaired) electrons. The maximum absolute atomic E-state index is 13.5. The Balaban J connectivity index is 2.01. The van der Waals surface area contributed by atoms with E-state index in [4.69, 9.17) is 4.74 Å². The molecule has 0 saturated heterocycles. The van der Waals surface area contributed by atoms with Gasteiger partial charge in [0, 0.05) is 6.54 Å². The van der Waals surface area contributed by atoms with Gasteiger partial charge in [-0.05, 0) is 42.8 Å². The molecule has 2 aromatic carbocycles. The Labute approximate surface area is 117 Å². The van der Waals surface area contributed by atoms with Crippen LogP contribution in [0.4, 0.5) is 8.78 Å². The highest BCUT2D eigenvalue weighted by molar-refractivity contribution is 5.34. The van der Waals surface area contributed by atoms with Crippen LogP contribution in [-0.2, 0) is 6.54 Å². The molecular formula is C16H17F2NO. The molecule has 0 bridgehead atoms. The summed E-state index contributed by atoms with van der Waals surface area (Å²) in [6, 6.07) is 11.2. The molecule has 0 saturated carbocycles. The fraction of sp³-hybridized carbons (Fsp3) is 0.250. The summed E-state index contributed by atoms with van der Waals surface area (Å²) in [4.78, 5) is 0. The van der Waals surface area contributed by atoms with E-state index in [-0.39, 0.29) is 5.75 Å². The number of halogens is 2. The molecule has 2 aromatic rings. The van der Waals surface area contributed by atoms with E-state index in [1.807, 2.05) is 12.1 Å². The van der Waals surface area contributed by atoms with Gasteiger partial charge in [0.15, 0.2) is 11.6 Å². The van der Waals surface area contributed by atoms with Crippen molar-refractivity contribution in [2.24, 2.45) is 0 Å². The van der Waals surface area contributed by atoms with Gasteiger partial charge in [-0.3, -0.25) is 0 Å². The predicted octanol–water partition coefficient (Wildman–Crippen LogP) is 4.26. The van der Waals surface area contributed by atoms with Crippen molar-refractivity contribution < 1.29 is 13.5 Å². The van der Waals surface area contributed by atoms with Crippen LogP contribution in [0.5, 0.6) is 11.5 Å². The topological polar surface area (TPSA) is 21.3 Å². The Kier molecular flexibility index (Phi) is 5.07. The van der Waals surface area contributed by atoms with Crippen LogP contribution in [0.2, 0.25) is 0 Å². The third-order valence-corrected chi connectivity index (χ3v) is 2.82. The Bertz CT molecular complexity index is 555. The molecule has 4 heteroatoms. The van der Waals surface area contributed by atoms with Crippen LogP contribution in [-0.4, -0.2) is 6.54 Å². The van der Waals surface area contributed by atoms with Gasteiger partial charge in [-0.25, -0.2) is 4.39 Å². The van der Waals surface area contributed by atoms with Gasteiger partial charge in [0.05, 0.1) is 0 Å². The monoisotopic (exact) mass is 277 g/mol. The third-order valence-electron chi connectivity index (χ3n) is 2.82. The molecule has 20 heavy (non-hydrogen) atoms. The second kappa shape index (κ2) is 7.01. The van der Waals surface area contributed by atoms with Crippen molar-refractivity contribution in [2.45, 2.75) is 19.9 Å². The van der Waals surface area contributed by atoms with E-state index in [1.165, 1.54) is 12.1 Å². The lowest BCUT2D eigenvalue weighted by Gasteiger charge is -2.08. The van der Waals surface area contributed by atoms with Crippen molar-refractivity contribution in [3.8, 4) is 11.5 Å².